The largest absolute Gasteiger partial charge is 1.51 e. The molecule has 0 heterocycles. The van der Waals surface area contributed by atoms with Gasteiger partial charge in [-0.2, -0.15) is 0 Å². The maximum atomic E-state index is 15.6. The highest BCUT2D eigenvalue weighted by Gasteiger charge is 2.37. The minimum absolute atomic E-state index is 0. The summed E-state index contributed by atoms with van der Waals surface area (Å²) in [6.07, 6.45) is 18.8. The van der Waals surface area contributed by atoms with E-state index < -0.39 is 138 Å². The third-order valence-electron chi connectivity index (χ3n) is 19.9. The molecule has 8 nitrogen and oxygen atoms in total. The molecule has 2 unspecified atom stereocenters. The first kappa shape index (κ1) is 109. The molecule has 1 N–H and O–H groups in total. The lowest BCUT2D eigenvalue weighted by Gasteiger charge is -2.16. The number of nitrogens with zero attached hydrogens (tertiary/aromatic N) is 1. The number of aryl methyl sites for hydroxylation is 3. The van der Waals surface area contributed by atoms with Crippen LogP contribution in [-0.4, -0.2) is 78.2 Å². The molecule has 26 heteroatoms. The molecule has 0 aliphatic rings. The molecular weight excluding hydrogens is 1670 g/mol. The Hall–Kier alpha value is -10.6. The Morgan fingerprint density at radius 1 is 0.360 bits per heavy atom. The van der Waals surface area contributed by atoms with E-state index in [4.69, 9.17) is 18.9 Å². The number of carbonyl (C=O) groups is 2. The molecule has 680 valence electrons. The van der Waals surface area contributed by atoms with Gasteiger partial charge in [0.05, 0.1) is 111 Å². The zero-order valence-corrected chi connectivity index (χ0v) is 73.1. The van der Waals surface area contributed by atoms with Crippen LogP contribution in [-0.2, 0) is 12.8 Å². The molecule has 2 atom stereocenters. The van der Waals surface area contributed by atoms with E-state index in [1.807, 2.05) is 45.1 Å². The number of carbonyl (C=O) groups excluding carboxylic acids is 2. The summed E-state index contributed by atoms with van der Waals surface area (Å²) in [4.78, 5) is 22.2. The van der Waals surface area contributed by atoms with Crippen LogP contribution < -0.4 is 18.9 Å². The first-order chi connectivity index (χ1) is 57.3. The SMILES string of the molecule is C.C/C=C/c1cc(OC)c(/C=C/c2ccc(-c3c(F)c(F)c(-c4c(F)c(F)c(-c5ccc(C)cc5)c(F)c4F)c(F)c3F)cc2)cc1OCCC(C)CCCC(C)C.CCc1ccc(-c2c(F)c(F)c(-c3c(F)c(F)c(-c4ccc(CC)cc4)c(F)c3F)c(F)c2F)cc1.COc1cc(C=O)c(OCCC(C)CCCC(C)C)cc1C=O.C[N+](C)(C)C.F.[3HH].[OH-].[PH-2]. The van der Waals surface area contributed by atoms with E-state index in [0.29, 0.717) is 101 Å². The van der Waals surface area contributed by atoms with Crippen molar-refractivity contribution in [2.75, 3.05) is 55.6 Å². The van der Waals surface area contributed by atoms with Crippen molar-refractivity contribution in [3.63, 3.8) is 0 Å². The minimum Gasteiger partial charge on any atom is -1.51 e. The van der Waals surface area contributed by atoms with Gasteiger partial charge in [0.15, 0.2) is 106 Å². The summed E-state index contributed by atoms with van der Waals surface area (Å²) in [6.45, 7) is 21.6. The van der Waals surface area contributed by atoms with Gasteiger partial charge in [0.1, 0.15) is 23.0 Å². The number of hydrogen-bond acceptors (Lipinski definition) is 7. The van der Waals surface area contributed by atoms with Gasteiger partial charge in [0, 0.05) is 12.6 Å². The summed E-state index contributed by atoms with van der Waals surface area (Å²) in [6, 6.07) is 28.1. The maximum absolute atomic E-state index is 15.6. The lowest BCUT2D eigenvalue weighted by Crippen LogP contribution is -2.27. The molecule has 10 aromatic carbocycles. The first-order valence-electron chi connectivity index (χ1n) is 39.8. The van der Waals surface area contributed by atoms with Crippen LogP contribution in [0.2, 0.25) is 0 Å². The van der Waals surface area contributed by atoms with Crippen LogP contribution in [0.1, 0.15) is 177 Å². The highest BCUT2D eigenvalue weighted by molar-refractivity contribution is 6.92. The second-order valence-corrected chi connectivity index (χ2v) is 31.8. The Labute approximate surface area is 727 Å². The number of methoxy groups -OCH3 is 2. The topological polar surface area (TPSA) is 101 Å². The van der Waals surface area contributed by atoms with Crippen molar-refractivity contribution < 1.29 is 115 Å². The molecule has 0 fully saturated rings. The van der Waals surface area contributed by atoms with E-state index in [0.717, 1.165) is 52.6 Å². The average Bonchev–Trinajstić information content (AvgIpc) is 0.740. The van der Waals surface area contributed by atoms with Crippen molar-refractivity contribution in [2.24, 2.45) is 23.7 Å². The van der Waals surface area contributed by atoms with Crippen LogP contribution in [0.15, 0.2) is 127 Å². The third kappa shape index (κ3) is 27.7. The fourth-order valence-corrected chi connectivity index (χ4v) is 13.1. The summed E-state index contributed by atoms with van der Waals surface area (Å²) in [5, 5.41) is 0. The molecule has 0 saturated heterocycles. The molecule has 0 radical (unpaired) electrons. The summed E-state index contributed by atoms with van der Waals surface area (Å²) in [7, 11) is 11.5. The fraction of sp³-hybridized carbons (Fsp3) is 0.333. The van der Waals surface area contributed by atoms with Crippen molar-refractivity contribution in [2.45, 2.75) is 141 Å². The van der Waals surface area contributed by atoms with Crippen molar-refractivity contribution in [1.82, 2.24) is 0 Å². The molecule has 0 aromatic heterocycles. The standard InChI is InChI=1S/C47H44F8O2.C28H18F8.C19H28O4.C4H12N.CH4.FH.H2O.HP.H2/c1-7-9-32-24-34(56-6)33(25-35(32)57-23-22-27(4)11-8-10-26(2)3)21-16-29-14-19-31(20-15-29)37-42(50)46(54)39(47(55)43(37)51)38-44(52)40(48)36(41(49)45(38)53)30-17-12-28(5)13-18-30;1-3-13-5-9-15(10-6-13)17-21(29)25(33)19(26(34)22(17)30)20-27(35)23(31)18(24(32)28(20)36)16-11-7-14(4-2)8-12-16;1-14(2)6-5-7-15(3)8-9-23-19-11-16(12-20)18(22-4)10-17(19)13-21;1-5(2,3)4;;;;;/h7,9,12-21,24-27H,8,10-11,22-23H2,1-6H3;5-12H,3-4H2,1-2H3;10-15H,5-9H2,1-4H3;1-4H3;1H4;1H;1H2;2*1H/q;;;+1;;;;-2;/p-1/b9-7+,21-16+;;;;;;;;/i;;;;;;;;1+2. The van der Waals surface area contributed by atoms with Crippen molar-refractivity contribution in [3.05, 3.63) is 265 Å². The Morgan fingerprint density at radius 2 is 0.608 bits per heavy atom. The van der Waals surface area contributed by atoms with E-state index in [1.54, 1.807) is 25.1 Å². The van der Waals surface area contributed by atoms with Crippen molar-refractivity contribution in [3.8, 4) is 89.8 Å². The van der Waals surface area contributed by atoms with Crippen LogP contribution in [0.3, 0.4) is 0 Å². The summed E-state index contributed by atoms with van der Waals surface area (Å²) in [5.74, 6) is -29.0. The number of hydrogen-bond donors (Lipinski definition) is 0. The molecule has 10 aromatic rings. The van der Waals surface area contributed by atoms with Gasteiger partial charge in [-0.25, -0.2) is 70.2 Å². The summed E-state index contributed by atoms with van der Waals surface area (Å²) in [5.41, 5.74) is -8.21. The molecule has 0 saturated carbocycles. The van der Waals surface area contributed by atoms with E-state index >= 15 is 35.1 Å². The van der Waals surface area contributed by atoms with E-state index in [2.05, 4.69) is 69.7 Å². The number of benzene rings is 10. The quantitative estimate of drug-likeness (QED) is 0.0107. The van der Waals surface area contributed by atoms with Crippen LogP contribution in [0, 0.1) is 124 Å². The summed E-state index contributed by atoms with van der Waals surface area (Å²) < 4.78 is 267. The molecule has 125 heavy (non-hydrogen) atoms. The van der Waals surface area contributed by atoms with Gasteiger partial charge < -0.3 is 38.8 Å². The van der Waals surface area contributed by atoms with E-state index in [9.17, 15) is 44.7 Å². The zero-order chi connectivity index (χ0) is 89.6. The van der Waals surface area contributed by atoms with Crippen LogP contribution >= 0.6 is 9.90 Å². The highest BCUT2D eigenvalue weighted by Crippen LogP contribution is 2.46. The minimum atomic E-state index is -2.24. The van der Waals surface area contributed by atoms with Crippen LogP contribution in [0.4, 0.5) is 75.0 Å². The number of aldehydes is 2. The molecule has 0 bridgehead atoms. The number of quaternary nitrogens is 1. The van der Waals surface area contributed by atoms with Gasteiger partial charge >= 0.3 is 0 Å². The third-order valence-corrected chi connectivity index (χ3v) is 19.9. The lowest BCUT2D eigenvalue weighted by molar-refractivity contribution is -0.849. The fourth-order valence-electron chi connectivity index (χ4n) is 13.1. The monoisotopic (exact) mass is 1780 g/mol. The number of allylic oxidation sites excluding steroid dienone is 1. The van der Waals surface area contributed by atoms with Gasteiger partial charge in [-0.1, -0.05) is 228 Å². The number of halogens is 17. The Kier molecular flexibility index (Phi) is 43.3. The van der Waals surface area contributed by atoms with Crippen molar-refractivity contribution in [1.29, 1.82) is 0 Å². The molecule has 0 amide bonds. The van der Waals surface area contributed by atoms with E-state index in [-0.39, 0.29) is 51.2 Å². The zero-order valence-electron chi connectivity index (χ0n) is 72.1. The Bertz CT molecular complexity index is 5080. The summed E-state index contributed by atoms with van der Waals surface area (Å²) >= 11 is 0. The molecule has 0 aliphatic carbocycles. The highest BCUT2D eigenvalue weighted by atomic mass is 31.0. The first-order valence-corrected chi connectivity index (χ1v) is 39.8. The maximum Gasteiger partial charge on any atom is 0.170 e. The van der Waals surface area contributed by atoms with Crippen molar-refractivity contribution >= 4 is 40.7 Å². The van der Waals surface area contributed by atoms with Gasteiger partial charge in [-0.3, -0.25) is 14.3 Å². The van der Waals surface area contributed by atoms with Gasteiger partial charge in [-0.05, 0) is 126 Å². The molecule has 0 spiro atoms. The van der Waals surface area contributed by atoms with Gasteiger partial charge in [0.2, 0.25) is 0 Å². The predicted molar refractivity (Wildman–Crippen MR) is 470 cm³/mol. The second-order valence-electron chi connectivity index (χ2n) is 31.8. The normalized spacial score (nSPS) is 11.6. The van der Waals surface area contributed by atoms with E-state index in [1.165, 1.54) is 149 Å². The number of rotatable bonds is 31. The average molecular weight is 1780 g/mol. The molecule has 0 aliphatic heterocycles. The lowest BCUT2D eigenvalue weighted by atomic mass is 9.93. The predicted octanol–water partition coefficient (Wildman–Crippen LogP) is 29.8. The second kappa shape index (κ2) is 49.9. The number of ether oxygens (including phenoxy) is 4. The Balaban J connectivity index is 0.000000666. The van der Waals surface area contributed by atoms with Crippen LogP contribution in [0.25, 0.3) is 85.0 Å². The van der Waals surface area contributed by atoms with Gasteiger partial charge in [0.25, 0.3) is 0 Å². The Morgan fingerprint density at radius 3 is 0.896 bits per heavy atom. The smallest absolute Gasteiger partial charge is 0.170 e. The molecule has 10 rings (SSSR count). The van der Waals surface area contributed by atoms with Gasteiger partial charge in [-0.15, -0.1) is 0 Å². The van der Waals surface area contributed by atoms with Crippen LogP contribution in [0.5, 0.6) is 23.0 Å². The molecular formula is C99H111F17NO7P-2.